The first-order valence-corrected chi connectivity index (χ1v) is 6.40. The van der Waals surface area contributed by atoms with Crippen molar-refractivity contribution in [3.05, 3.63) is 47.4 Å². The number of carboxylic acids is 1. The van der Waals surface area contributed by atoms with Gasteiger partial charge in [-0.2, -0.15) is 0 Å². The number of aromatic nitrogens is 1. The monoisotopic (exact) mass is 286 g/mol. The quantitative estimate of drug-likeness (QED) is 0.784. The zero-order valence-electron chi connectivity index (χ0n) is 11.5. The van der Waals surface area contributed by atoms with Gasteiger partial charge in [-0.25, -0.2) is 4.79 Å². The second-order valence-corrected chi connectivity index (χ2v) is 5.22. The number of allylic oxidation sites excluding steroid dienone is 1. The fraction of sp³-hybridized carbons (Fsp3) is 0.200. The molecule has 0 fully saturated rings. The van der Waals surface area contributed by atoms with Crippen molar-refractivity contribution in [1.82, 2.24) is 10.5 Å². The lowest BCUT2D eigenvalue weighted by molar-refractivity contribution is 0.0693. The molecule has 6 nitrogen and oxygen atoms in total. The maximum Gasteiger partial charge on any atom is 0.341 e. The van der Waals surface area contributed by atoms with E-state index in [9.17, 15) is 9.90 Å². The van der Waals surface area contributed by atoms with Crippen LogP contribution in [-0.2, 0) is 10.4 Å². The van der Waals surface area contributed by atoms with E-state index in [-0.39, 0.29) is 11.3 Å². The molecule has 0 radical (unpaired) electrons. The van der Waals surface area contributed by atoms with Gasteiger partial charge in [0, 0.05) is 11.6 Å². The van der Waals surface area contributed by atoms with Gasteiger partial charge < -0.3 is 15.1 Å². The molecule has 1 unspecified atom stereocenters. The molecular formula is C15H14N2O4. The third kappa shape index (κ3) is 2.09. The number of carboxylic acid groups (broad SMARTS) is 1. The van der Waals surface area contributed by atoms with E-state index in [0.717, 1.165) is 17.5 Å². The van der Waals surface area contributed by atoms with Gasteiger partial charge in [0.2, 0.25) is 0 Å². The Bertz CT molecular complexity index is 785. The molecule has 0 aliphatic carbocycles. The SMILES string of the molecule is CC1=CC(C)(c2ccc3c(O)c(C(=O)O)cnc3c2)NO1. The van der Waals surface area contributed by atoms with Crippen LogP contribution >= 0.6 is 0 Å². The largest absolute Gasteiger partial charge is 0.506 e. The number of fused-ring (bicyclic) bond motifs is 1. The number of hydrogen-bond donors (Lipinski definition) is 3. The van der Waals surface area contributed by atoms with E-state index in [2.05, 4.69) is 10.5 Å². The third-order valence-corrected chi connectivity index (χ3v) is 3.59. The van der Waals surface area contributed by atoms with Crippen LogP contribution in [0.1, 0.15) is 29.8 Å². The number of rotatable bonds is 2. The van der Waals surface area contributed by atoms with Crippen LogP contribution in [0.3, 0.4) is 0 Å². The number of nitrogens with one attached hydrogen (secondary N) is 1. The van der Waals surface area contributed by atoms with E-state index in [1.807, 2.05) is 19.9 Å². The molecule has 0 saturated carbocycles. The summed E-state index contributed by atoms with van der Waals surface area (Å²) in [6.45, 7) is 3.80. The van der Waals surface area contributed by atoms with Crippen molar-refractivity contribution < 1.29 is 19.8 Å². The molecule has 2 heterocycles. The zero-order chi connectivity index (χ0) is 15.2. The Hall–Kier alpha value is -2.60. The van der Waals surface area contributed by atoms with Gasteiger partial charge in [-0.1, -0.05) is 6.07 Å². The Morgan fingerprint density at radius 3 is 2.81 bits per heavy atom. The van der Waals surface area contributed by atoms with Gasteiger partial charge in [0.05, 0.1) is 11.1 Å². The van der Waals surface area contributed by atoms with Crippen LogP contribution in [0.2, 0.25) is 0 Å². The Labute approximate surface area is 120 Å². The third-order valence-electron chi connectivity index (χ3n) is 3.59. The highest BCUT2D eigenvalue weighted by atomic mass is 16.7. The van der Waals surface area contributed by atoms with E-state index >= 15 is 0 Å². The number of hydroxylamine groups is 1. The van der Waals surface area contributed by atoms with Crippen molar-refractivity contribution in [2.24, 2.45) is 0 Å². The van der Waals surface area contributed by atoms with Gasteiger partial charge in [0.25, 0.3) is 0 Å². The Balaban J connectivity index is 2.14. The molecule has 1 aliphatic heterocycles. The molecule has 1 aromatic carbocycles. The van der Waals surface area contributed by atoms with Gasteiger partial charge in [-0.3, -0.25) is 4.98 Å². The summed E-state index contributed by atoms with van der Waals surface area (Å²) >= 11 is 0. The highest BCUT2D eigenvalue weighted by Crippen LogP contribution is 2.33. The van der Waals surface area contributed by atoms with Crippen molar-refractivity contribution in [3.63, 3.8) is 0 Å². The van der Waals surface area contributed by atoms with E-state index in [4.69, 9.17) is 9.94 Å². The minimum atomic E-state index is -1.21. The van der Waals surface area contributed by atoms with Crippen LogP contribution in [0.4, 0.5) is 0 Å². The van der Waals surface area contributed by atoms with Crippen molar-refractivity contribution in [1.29, 1.82) is 0 Å². The van der Waals surface area contributed by atoms with Crippen molar-refractivity contribution in [3.8, 4) is 5.75 Å². The fourth-order valence-electron chi connectivity index (χ4n) is 2.45. The zero-order valence-corrected chi connectivity index (χ0v) is 11.5. The number of nitrogens with zero attached hydrogens (tertiary/aromatic N) is 1. The maximum absolute atomic E-state index is 11.0. The molecule has 2 aromatic rings. The topological polar surface area (TPSA) is 91.7 Å². The lowest BCUT2D eigenvalue weighted by atomic mass is 9.91. The minimum Gasteiger partial charge on any atom is -0.506 e. The smallest absolute Gasteiger partial charge is 0.341 e. The lowest BCUT2D eigenvalue weighted by Crippen LogP contribution is -2.32. The number of aromatic hydroxyl groups is 1. The van der Waals surface area contributed by atoms with Crippen molar-refractivity contribution in [2.75, 3.05) is 0 Å². The highest BCUT2D eigenvalue weighted by Gasteiger charge is 2.30. The van der Waals surface area contributed by atoms with E-state index < -0.39 is 11.5 Å². The second-order valence-electron chi connectivity index (χ2n) is 5.22. The number of pyridine rings is 1. The van der Waals surface area contributed by atoms with Gasteiger partial charge in [0.1, 0.15) is 17.1 Å². The molecular weight excluding hydrogens is 272 g/mol. The first-order chi connectivity index (χ1) is 9.90. The molecule has 1 aromatic heterocycles. The summed E-state index contributed by atoms with van der Waals surface area (Å²) in [6.07, 6.45) is 3.10. The van der Waals surface area contributed by atoms with Crippen LogP contribution in [0, 0.1) is 0 Å². The van der Waals surface area contributed by atoms with Gasteiger partial charge in [0.15, 0.2) is 0 Å². The Morgan fingerprint density at radius 1 is 1.43 bits per heavy atom. The summed E-state index contributed by atoms with van der Waals surface area (Å²) in [5, 5.41) is 19.4. The molecule has 0 amide bonds. The van der Waals surface area contributed by atoms with E-state index in [1.54, 1.807) is 18.2 Å². The first kappa shape index (κ1) is 13.4. The molecule has 1 atom stereocenters. The molecule has 3 rings (SSSR count). The summed E-state index contributed by atoms with van der Waals surface area (Å²) in [6, 6.07) is 5.26. The molecule has 3 N–H and O–H groups in total. The van der Waals surface area contributed by atoms with Crippen LogP contribution in [0.15, 0.2) is 36.2 Å². The average Bonchev–Trinajstić information content (AvgIpc) is 2.79. The minimum absolute atomic E-state index is 0.209. The maximum atomic E-state index is 11.0. The summed E-state index contributed by atoms with van der Waals surface area (Å²) in [5.41, 5.74) is 3.67. The van der Waals surface area contributed by atoms with Gasteiger partial charge in [-0.05, 0) is 37.6 Å². The second kappa shape index (κ2) is 4.46. The van der Waals surface area contributed by atoms with Gasteiger partial charge in [-0.15, -0.1) is 5.48 Å². The summed E-state index contributed by atoms with van der Waals surface area (Å²) in [5.74, 6) is -0.705. The number of benzene rings is 1. The summed E-state index contributed by atoms with van der Waals surface area (Å²) < 4.78 is 0. The Kier molecular flexibility index (Phi) is 2.84. The first-order valence-electron chi connectivity index (χ1n) is 6.40. The van der Waals surface area contributed by atoms with E-state index in [1.165, 1.54) is 0 Å². The average molecular weight is 286 g/mol. The molecule has 108 valence electrons. The molecule has 21 heavy (non-hydrogen) atoms. The van der Waals surface area contributed by atoms with Crippen LogP contribution < -0.4 is 5.48 Å². The van der Waals surface area contributed by atoms with Crippen LogP contribution in [-0.4, -0.2) is 21.2 Å². The van der Waals surface area contributed by atoms with Crippen molar-refractivity contribution >= 4 is 16.9 Å². The van der Waals surface area contributed by atoms with E-state index in [0.29, 0.717) is 10.9 Å². The molecule has 6 heteroatoms. The predicted molar refractivity (Wildman–Crippen MR) is 75.7 cm³/mol. The highest BCUT2D eigenvalue weighted by molar-refractivity contribution is 5.98. The fourth-order valence-corrected chi connectivity index (χ4v) is 2.45. The van der Waals surface area contributed by atoms with Crippen molar-refractivity contribution in [2.45, 2.75) is 19.4 Å². The number of carbonyl (C=O) groups is 1. The van der Waals surface area contributed by atoms with Crippen LogP contribution in [0.25, 0.3) is 10.9 Å². The predicted octanol–water partition coefficient (Wildman–Crippen LogP) is 2.29. The number of hydrogen-bond acceptors (Lipinski definition) is 5. The summed E-state index contributed by atoms with van der Waals surface area (Å²) in [7, 11) is 0. The molecule has 1 aliphatic rings. The lowest BCUT2D eigenvalue weighted by Gasteiger charge is -2.21. The number of aromatic carboxylic acids is 1. The molecule has 0 spiro atoms. The van der Waals surface area contributed by atoms with Crippen LogP contribution in [0.5, 0.6) is 5.75 Å². The van der Waals surface area contributed by atoms with Gasteiger partial charge >= 0.3 is 5.97 Å². The standard InChI is InChI=1S/C15H14N2O4/c1-8-6-15(2,17-21-8)9-3-4-10-12(5-9)16-7-11(13(10)18)14(19)20/h3-7,17H,1-2H3,(H,16,18)(H,19,20). The normalized spacial score (nSPS) is 21.1. The Morgan fingerprint density at radius 2 is 2.19 bits per heavy atom. The molecule has 0 saturated heterocycles. The molecule has 0 bridgehead atoms. The summed E-state index contributed by atoms with van der Waals surface area (Å²) in [4.78, 5) is 20.4.